The summed E-state index contributed by atoms with van der Waals surface area (Å²) in [7, 11) is 0. The average Bonchev–Trinajstić information content (AvgIpc) is 2.46. The van der Waals surface area contributed by atoms with Crippen LogP contribution in [0.15, 0.2) is 30.5 Å². The van der Waals surface area contributed by atoms with Gasteiger partial charge in [-0.05, 0) is 36.6 Å². The molecule has 0 aliphatic carbocycles. The Morgan fingerprint density at radius 2 is 2.10 bits per heavy atom. The molecule has 2 aromatic rings. The van der Waals surface area contributed by atoms with E-state index in [1.165, 1.54) is 0 Å². The predicted molar refractivity (Wildman–Crippen MR) is 81.6 cm³/mol. The molecule has 0 aliphatic heterocycles. The van der Waals surface area contributed by atoms with Gasteiger partial charge in [0.2, 0.25) is 0 Å². The van der Waals surface area contributed by atoms with Crippen LogP contribution in [0, 0.1) is 6.92 Å². The van der Waals surface area contributed by atoms with Crippen LogP contribution in [0.1, 0.15) is 47.1 Å². The van der Waals surface area contributed by atoms with Gasteiger partial charge in [-0.3, -0.25) is 4.98 Å². The molecule has 5 nitrogen and oxygen atoms in total. The molecule has 0 aromatic carbocycles. The summed E-state index contributed by atoms with van der Waals surface area (Å²) in [5.74, 6) is -0.204. The second-order valence-corrected chi connectivity index (χ2v) is 5.29. The van der Waals surface area contributed by atoms with E-state index in [2.05, 4.69) is 15.3 Å². The van der Waals surface area contributed by atoms with Gasteiger partial charge in [0.25, 0.3) is 0 Å². The van der Waals surface area contributed by atoms with Crippen LogP contribution in [0.3, 0.4) is 0 Å². The van der Waals surface area contributed by atoms with Crippen molar-refractivity contribution in [1.82, 2.24) is 9.97 Å². The number of carbonyl (C=O) groups is 1. The van der Waals surface area contributed by atoms with Gasteiger partial charge in [0, 0.05) is 24.1 Å². The topological polar surface area (TPSA) is 75.1 Å². The molecule has 0 amide bonds. The molecule has 0 radical (unpaired) electrons. The molecule has 0 spiro atoms. The minimum Gasteiger partial charge on any atom is -0.478 e. The first-order valence-electron chi connectivity index (χ1n) is 6.86. The largest absolute Gasteiger partial charge is 0.478 e. The van der Waals surface area contributed by atoms with Gasteiger partial charge in [-0.2, -0.15) is 0 Å². The third kappa shape index (κ3) is 4.02. The zero-order chi connectivity index (χ0) is 15.4. The Balaban J connectivity index is 2.18. The van der Waals surface area contributed by atoms with Crippen molar-refractivity contribution in [2.75, 3.05) is 5.32 Å². The van der Waals surface area contributed by atoms with E-state index in [1.54, 1.807) is 18.3 Å². The maximum Gasteiger partial charge on any atom is 0.335 e. The zero-order valence-electron chi connectivity index (χ0n) is 12.4. The van der Waals surface area contributed by atoms with Crippen molar-refractivity contribution in [3.05, 3.63) is 53.0 Å². The van der Waals surface area contributed by atoms with Crippen LogP contribution in [0.2, 0.25) is 0 Å². The van der Waals surface area contributed by atoms with E-state index in [4.69, 9.17) is 5.11 Å². The Kier molecular flexibility index (Phi) is 4.52. The summed E-state index contributed by atoms with van der Waals surface area (Å²) in [6.45, 7) is 6.47. The summed E-state index contributed by atoms with van der Waals surface area (Å²) in [6, 6.07) is 7.10. The number of anilines is 1. The third-order valence-corrected chi connectivity index (χ3v) is 3.13. The number of hydrogen-bond acceptors (Lipinski definition) is 4. The van der Waals surface area contributed by atoms with Crippen molar-refractivity contribution in [3.63, 3.8) is 0 Å². The second kappa shape index (κ2) is 6.35. The van der Waals surface area contributed by atoms with Crippen LogP contribution in [0.25, 0.3) is 0 Å². The highest BCUT2D eigenvalue weighted by atomic mass is 16.4. The van der Waals surface area contributed by atoms with Crippen molar-refractivity contribution in [1.29, 1.82) is 0 Å². The standard InChI is InChI=1S/C16H19N3O2/c1-10(2)14-6-13(16(20)21)7-15(19-14)18-9-12-5-4-11(3)17-8-12/h4-8,10H,9H2,1-3H3,(H,18,19)(H,20,21). The molecule has 0 saturated carbocycles. The number of aromatic carboxylic acids is 1. The fraction of sp³-hybridized carbons (Fsp3) is 0.312. The van der Waals surface area contributed by atoms with E-state index >= 15 is 0 Å². The molecular formula is C16H19N3O2. The summed E-state index contributed by atoms with van der Waals surface area (Å²) in [4.78, 5) is 19.9. The van der Waals surface area contributed by atoms with Crippen LogP contribution >= 0.6 is 0 Å². The zero-order valence-corrected chi connectivity index (χ0v) is 12.4. The minimum absolute atomic E-state index is 0.172. The third-order valence-electron chi connectivity index (χ3n) is 3.13. The van der Waals surface area contributed by atoms with Crippen LogP contribution in [-0.2, 0) is 6.54 Å². The van der Waals surface area contributed by atoms with Crippen LogP contribution in [-0.4, -0.2) is 21.0 Å². The number of nitrogens with one attached hydrogen (secondary N) is 1. The Bertz CT molecular complexity index is 636. The molecule has 110 valence electrons. The molecule has 2 rings (SSSR count). The molecule has 2 heterocycles. The van der Waals surface area contributed by atoms with E-state index in [9.17, 15) is 4.79 Å². The highest BCUT2D eigenvalue weighted by Crippen LogP contribution is 2.18. The van der Waals surface area contributed by atoms with Gasteiger partial charge < -0.3 is 10.4 Å². The number of hydrogen-bond donors (Lipinski definition) is 2. The Hall–Kier alpha value is -2.43. The van der Waals surface area contributed by atoms with Gasteiger partial charge >= 0.3 is 5.97 Å². The maximum absolute atomic E-state index is 11.2. The summed E-state index contributed by atoms with van der Waals surface area (Å²) in [5, 5.41) is 12.3. The lowest BCUT2D eigenvalue weighted by Gasteiger charge is -2.11. The first kappa shape index (κ1) is 15.0. The molecule has 0 atom stereocenters. The smallest absolute Gasteiger partial charge is 0.335 e. The van der Waals surface area contributed by atoms with Crippen LogP contribution < -0.4 is 5.32 Å². The van der Waals surface area contributed by atoms with E-state index in [0.717, 1.165) is 17.0 Å². The van der Waals surface area contributed by atoms with Gasteiger partial charge in [-0.15, -0.1) is 0 Å². The SMILES string of the molecule is Cc1ccc(CNc2cc(C(=O)O)cc(C(C)C)n2)cn1. The summed E-state index contributed by atoms with van der Waals surface area (Å²) >= 11 is 0. The van der Waals surface area contributed by atoms with Gasteiger partial charge in [0.05, 0.1) is 5.56 Å². The van der Waals surface area contributed by atoms with Gasteiger partial charge in [-0.25, -0.2) is 9.78 Å². The summed E-state index contributed by atoms with van der Waals surface area (Å²) in [5.41, 5.74) is 3.00. The van der Waals surface area contributed by atoms with Crippen molar-refractivity contribution in [3.8, 4) is 0 Å². The Labute approximate surface area is 124 Å². The average molecular weight is 285 g/mol. The summed E-state index contributed by atoms with van der Waals surface area (Å²) in [6.07, 6.45) is 1.80. The first-order valence-corrected chi connectivity index (χ1v) is 6.86. The van der Waals surface area contributed by atoms with Crippen LogP contribution in [0.4, 0.5) is 5.82 Å². The van der Waals surface area contributed by atoms with Gasteiger partial charge in [-0.1, -0.05) is 19.9 Å². The Morgan fingerprint density at radius 3 is 2.67 bits per heavy atom. The molecule has 0 saturated heterocycles. The lowest BCUT2D eigenvalue weighted by atomic mass is 10.1. The monoisotopic (exact) mass is 285 g/mol. The fourth-order valence-corrected chi connectivity index (χ4v) is 1.86. The predicted octanol–water partition coefficient (Wildman–Crippen LogP) is 3.22. The lowest BCUT2D eigenvalue weighted by Crippen LogP contribution is -2.07. The molecule has 0 bridgehead atoms. The minimum atomic E-state index is -0.945. The van der Waals surface area contributed by atoms with Gasteiger partial charge in [0.15, 0.2) is 0 Å². The Morgan fingerprint density at radius 1 is 1.33 bits per heavy atom. The number of carboxylic acid groups (broad SMARTS) is 1. The molecule has 2 aromatic heterocycles. The fourth-order valence-electron chi connectivity index (χ4n) is 1.86. The molecule has 2 N–H and O–H groups in total. The molecular weight excluding hydrogens is 266 g/mol. The molecule has 0 aliphatic rings. The second-order valence-electron chi connectivity index (χ2n) is 5.29. The first-order chi connectivity index (χ1) is 9.95. The van der Waals surface area contributed by atoms with E-state index in [0.29, 0.717) is 12.4 Å². The molecule has 5 heteroatoms. The maximum atomic E-state index is 11.2. The molecule has 0 unspecified atom stereocenters. The van der Waals surface area contributed by atoms with E-state index in [1.807, 2.05) is 32.9 Å². The lowest BCUT2D eigenvalue weighted by molar-refractivity contribution is 0.0696. The quantitative estimate of drug-likeness (QED) is 0.882. The number of nitrogens with zero attached hydrogens (tertiary/aromatic N) is 2. The summed E-state index contributed by atoms with van der Waals surface area (Å²) < 4.78 is 0. The van der Waals surface area contributed by atoms with Crippen molar-refractivity contribution in [2.45, 2.75) is 33.2 Å². The van der Waals surface area contributed by atoms with Gasteiger partial charge in [0.1, 0.15) is 5.82 Å². The number of rotatable bonds is 5. The number of carboxylic acids is 1. The normalized spacial score (nSPS) is 10.7. The van der Waals surface area contributed by atoms with Crippen molar-refractivity contribution in [2.24, 2.45) is 0 Å². The van der Waals surface area contributed by atoms with E-state index < -0.39 is 5.97 Å². The van der Waals surface area contributed by atoms with E-state index in [-0.39, 0.29) is 11.5 Å². The molecule has 21 heavy (non-hydrogen) atoms. The van der Waals surface area contributed by atoms with Crippen LogP contribution in [0.5, 0.6) is 0 Å². The highest BCUT2D eigenvalue weighted by molar-refractivity contribution is 5.88. The number of aromatic nitrogens is 2. The highest BCUT2D eigenvalue weighted by Gasteiger charge is 2.10. The van der Waals surface area contributed by atoms with Crippen molar-refractivity contribution >= 4 is 11.8 Å². The number of aryl methyl sites for hydroxylation is 1. The number of pyridine rings is 2. The molecule has 0 fully saturated rings. The van der Waals surface area contributed by atoms with Crippen molar-refractivity contribution < 1.29 is 9.90 Å².